The van der Waals surface area contributed by atoms with Gasteiger partial charge < -0.3 is 15.8 Å². The lowest BCUT2D eigenvalue weighted by Gasteiger charge is -2.50. The molecule has 2 fully saturated rings. The van der Waals surface area contributed by atoms with E-state index in [1.54, 1.807) is 0 Å². The van der Waals surface area contributed by atoms with E-state index in [1.165, 1.54) is 0 Å². The van der Waals surface area contributed by atoms with E-state index in [0.717, 1.165) is 68.6 Å². The molecular weight excluding hydrogens is 414 g/mol. The van der Waals surface area contributed by atoms with Crippen LogP contribution in [0, 0.1) is 0 Å². The molecule has 0 bridgehead atoms. The number of quaternary nitrogens is 1. The van der Waals surface area contributed by atoms with Gasteiger partial charge in [0, 0.05) is 32.4 Å². The lowest BCUT2D eigenvalue weighted by atomic mass is 9.89. The number of piperidine rings is 2. The molecule has 0 spiro atoms. The smallest absolute Gasteiger partial charge is 0.314 e. The van der Waals surface area contributed by atoms with Crippen molar-refractivity contribution in [3.63, 3.8) is 0 Å². The van der Waals surface area contributed by atoms with Crippen molar-refractivity contribution in [3.8, 4) is 5.75 Å². The highest BCUT2D eigenvalue weighted by Crippen LogP contribution is 2.34. The van der Waals surface area contributed by atoms with Crippen LogP contribution in [0.2, 0.25) is 0 Å². The number of hydrogen-bond acceptors (Lipinski definition) is 4. The molecular formula is C27H36N3O3+. The summed E-state index contributed by atoms with van der Waals surface area (Å²) in [6.07, 6.45) is 5.60. The fourth-order valence-corrected chi connectivity index (χ4v) is 5.63. The number of nitrogens with zero attached hydrogens (tertiary/aromatic N) is 1. The first-order valence-electron chi connectivity index (χ1n) is 12.3. The van der Waals surface area contributed by atoms with Crippen LogP contribution in [0.25, 0.3) is 0 Å². The van der Waals surface area contributed by atoms with Crippen molar-refractivity contribution < 1.29 is 18.8 Å². The zero-order chi connectivity index (χ0) is 23.1. The van der Waals surface area contributed by atoms with Gasteiger partial charge in [0.25, 0.3) is 5.91 Å². The fourth-order valence-electron chi connectivity index (χ4n) is 5.63. The van der Waals surface area contributed by atoms with Crippen LogP contribution in [-0.4, -0.2) is 48.0 Å². The molecule has 2 unspecified atom stereocenters. The van der Waals surface area contributed by atoms with Crippen LogP contribution in [-0.2, 0) is 22.6 Å². The predicted octanol–water partition coefficient (Wildman–Crippen LogP) is 3.33. The SMILES string of the molecule is NC(=O)C1CCCC[N+]1(C(=O)CCc1ccc(OCc2ccccc2)cc1)C1CCNCC1. The van der Waals surface area contributed by atoms with E-state index >= 15 is 0 Å². The second-order valence-corrected chi connectivity index (χ2v) is 9.36. The summed E-state index contributed by atoms with van der Waals surface area (Å²) in [4.78, 5) is 26.2. The highest BCUT2D eigenvalue weighted by atomic mass is 16.5. The van der Waals surface area contributed by atoms with E-state index < -0.39 is 0 Å². The van der Waals surface area contributed by atoms with Crippen molar-refractivity contribution in [3.05, 3.63) is 65.7 Å². The number of nitrogens with one attached hydrogen (secondary N) is 1. The molecule has 2 aromatic rings. The van der Waals surface area contributed by atoms with Gasteiger partial charge in [-0.3, -0.25) is 4.79 Å². The predicted molar refractivity (Wildman–Crippen MR) is 128 cm³/mol. The fraction of sp³-hybridized carbons (Fsp3) is 0.481. The standard InChI is InChI=1S/C27H35N3O3/c28-27(32)25-8-4-5-19-30(25,23-15-17-29-18-16-23)26(31)14-11-21-9-12-24(13-10-21)33-20-22-6-2-1-3-7-22/h1-3,6-7,9-10,12-13,23,25,29H,4-5,8,11,14-20H2,(H-,28,32)/p+1. The molecule has 176 valence electrons. The number of likely N-dealkylation sites (tertiary alicyclic amines) is 1. The van der Waals surface area contributed by atoms with Gasteiger partial charge in [0.15, 0.2) is 6.04 Å². The normalized spacial score (nSPS) is 23.7. The molecule has 2 aromatic carbocycles. The van der Waals surface area contributed by atoms with Gasteiger partial charge >= 0.3 is 5.91 Å². The number of nitrogens with two attached hydrogens (primary N) is 1. The van der Waals surface area contributed by atoms with Crippen molar-refractivity contribution >= 4 is 11.8 Å². The Hall–Kier alpha value is -2.70. The Morgan fingerprint density at radius 1 is 0.939 bits per heavy atom. The minimum Gasteiger partial charge on any atom is -0.489 e. The van der Waals surface area contributed by atoms with Crippen molar-refractivity contribution in [2.75, 3.05) is 19.6 Å². The average molecular weight is 451 g/mol. The third-order valence-corrected chi connectivity index (χ3v) is 7.36. The Kier molecular flexibility index (Phi) is 7.78. The monoisotopic (exact) mass is 450 g/mol. The Labute approximate surface area is 196 Å². The molecule has 0 aromatic heterocycles. The molecule has 33 heavy (non-hydrogen) atoms. The molecule has 2 aliphatic rings. The number of ether oxygens (including phenoxy) is 1. The van der Waals surface area contributed by atoms with Gasteiger partial charge in [0.2, 0.25) is 0 Å². The van der Waals surface area contributed by atoms with Crippen LogP contribution in [0.15, 0.2) is 54.6 Å². The molecule has 4 rings (SSSR count). The Balaban J connectivity index is 1.41. The zero-order valence-corrected chi connectivity index (χ0v) is 19.4. The molecule has 2 heterocycles. The van der Waals surface area contributed by atoms with Crippen LogP contribution in [0.3, 0.4) is 0 Å². The summed E-state index contributed by atoms with van der Waals surface area (Å²) in [6.45, 7) is 3.06. The quantitative estimate of drug-likeness (QED) is 0.605. The summed E-state index contributed by atoms with van der Waals surface area (Å²) in [7, 11) is 0. The zero-order valence-electron chi connectivity index (χ0n) is 19.4. The third-order valence-electron chi connectivity index (χ3n) is 7.36. The number of amides is 2. The van der Waals surface area contributed by atoms with Crippen molar-refractivity contribution in [2.45, 2.75) is 63.6 Å². The van der Waals surface area contributed by atoms with E-state index in [1.807, 2.05) is 54.6 Å². The highest BCUT2D eigenvalue weighted by Gasteiger charge is 2.53. The summed E-state index contributed by atoms with van der Waals surface area (Å²) in [5, 5.41) is 3.39. The molecule has 2 saturated heterocycles. The lowest BCUT2D eigenvalue weighted by molar-refractivity contribution is -0.901. The van der Waals surface area contributed by atoms with Crippen LogP contribution >= 0.6 is 0 Å². The number of carbonyl (C=O) groups is 2. The minimum absolute atomic E-state index is 0.176. The minimum atomic E-state index is -0.386. The van der Waals surface area contributed by atoms with Gasteiger partial charge in [-0.15, -0.1) is 0 Å². The molecule has 3 N–H and O–H groups in total. The van der Waals surface area contributed by atoms with Gasteiger partial charge in [-0.05, 0) is 42.5 Å². The maximum Gasteiger partial charge on any atom is 0.314 e. The molecule has 0 radical (unpaired) electrons. The van der Waals surface area contributed by atoms with Crippen molar-refractivity contribution in [1.82, 2.24) is 5.32 Å². The van der Waals surface area contributed by atoms with E-state index in [9.17, 15) is 9.59 Å². The number of benzene rings is 2. The summed E-state index contributed by atoms with van der Waals surface area (Å²) in [6, 6.07) is 17.9. The lowest BCUT2D eigenvalue weighted by Crippen LogP contribution is -2.71. The number of aryl methyl sites for hydroxylation is 1. The average Bonchev–Trinajstić information content (AvgIpc) is 2.87. The molecule has 0 saturated carbocycles. The van der Waals surface area contributed by atoms with Crippen LogP contribution in [0.5, 0.6) is 5.75 Å². The van der Waals surface area contributed by atoms with Crippen molar-refractivity contribution in [2.24, 2.45) is 5.73 Å². The molecule has 2 aliphatic heterocycles. The summed E-state index contributed by atoms with van der Waals surface area (Å²) >= 11 is 0. The number of rotatable bonds is 8. The molecule has 6 nitrogen and oxygen atoms in total. The maximum atomic E-state index is 13.8. The Morgan fingerprint density at radius 2 is 1.67 bits per heavy atom. The number of hydrogen-bond donors (Lipinski definition) is 2. The number of carbonyl (C=O) groups excluding carboxylic acids is 2. The largest absolute Gasteiger partial charge is 0.489 e. The molecule has 6 heteroatoms. The topological polar surface area (TPSA) is 81.4 Å². The van der Waals surface area contributed by atoms with E-state index in [4.69, 9.17) is 10.5 Å². The van der Waals surface area contributed by atoms with Crippen molar-refractivity contribution in [1.29, 1.82) is 0 Å². The van der Waals surface area contributed by atoms with Crippen LogP contribution < -0.4 is 15.8 Å². The summed E-state index contributed by atoms with van der Waals surface area (Å²) < 4.78 is 6.15. The summed E-state index contributed by atoms with van der Waals surface area (Å²) in [5.74, 6) is 0.674. The Morgan fingerprint density at radius 3 is 2.36 bits per heavy atom. The first-order chi connectivity index (χ1) is 16.1. The van der Waals surface area contributed by atoms with E-state index in [-0.39, 0.29) is 28.4 Å². The molecule has 0 aliphatic carbocycles. The third kappa shape index (κ3) is 5.45. The first-order valence-corrected chi connectivity index (χ1v) is 12.3. The second kappa shape index (κ2) is 10.9. The second-order valence-electron chi connectivity index (χ2n) is 9.36. The van der Waals surface area contributed by atoms with Crippen LogP contribution in [0.1, 0.15) is 49.7 Å². The molecule has 2 amide bonds. The maximum absolute atomic E-state index is 13.8. The van der Waals surface area contributed by atoms with Gasteiger partial charge in [-0.25, -0.2) is 9.28 Å². The summed E-state index contributed by atoms with van der Waals surface area (Å²) in [5.41, 5.74) is 8.08. The van der Waals surface area contributed by atoms with E-state index in [0.29, 0.717) is 19.4 Å². The molecule has 2 atom stereocenters. The number of primary amides is 1. The van der Waals surface area contributed by atoms with Gasteiger partial charge in [0.1, 0.15) is 12.4 Å². The Bertz CT molecular complexity index is 925. The van der Waals surface area contributed by atoms with Gasteiger partial charge in [0.05, 0.1) is 19.0 Å². The highest BCUT2D eigenvalue weighted by molar-refractivity contribution is 5.82. The van der Waals surface area contributed by atoms with E-state index in [2.05, 4.69) is 5.32 Å². The first kappa shape index (κ1) is 23.5. The van der Waals surface area contributed by atoms with Gasteiger partial charge in [-0.2, -0.15) is 0 Å². The van der Waals surface area contributed by atoms with Gasteiger partial charge in [-0.1, -0.05) is 42.5 Å². The van der Waals surface area contributed by atoms with Crippen LogP contribution in [0.4, 0.5) is 0 Å².